The molecule has 1 N–H and O–H groups in total. The van der Waals surface area contributed by atoms with Gasteiger partial charge in [-0.05, 0) is 37.8 Å². The second-order valence-electron chi connectivity index (χ2n) is 6.76. The fourth-order valence-electron chi connectivity index (χ4n) is 3.75. The van der Waals surface area contributed by atoms with Gasteiger partial charge in [0.25, 0.3) is 5.91 Å². The molecule has 7 heteroatoms. The third-order valence-corrected chi connectivity index (χ3v) is 5.00. The van der Waals surface area contributed by atoms with Crippen molar-refractivity contribution in [1.29, 1.82) is 0 Å². The van der Waals surface area contributed by atoms with Crippen LogP contribution in [0.25, 0.3) is 0 Å². The van der Waals surface area contributed by atoms with E-state index in [4.69, 9.17) is 9.15 Å². The Morgan fingerprint density at radius 3 is 3.04 bits per heavy atom. The van der Waals surface area contributed by atoms with Crippen molar-refractivity contribution >= 4 is 11.9 Å². The van der Waals surface area contributed by atoms with Gasteiger partial charge in [-0.3, -0.25) is 4.79 Å². The molecule has 0 saturated carbocycles. The summed E-state index contributed by atoms with van der Waals surface area (Å²) in [7, 11) is 0. The van der Waals surface area contributed by atoms with Crippen molar-refractivity contribution in [3.8, 4) is 0 Å². The lowest BCUT2D eigenvalue weighted by Gasteiger charge is -2.38. The topological polar surface area (TPSA) is 80.5 Å². The molecule has 1 amide bonds. The largest absolute Gasteiger partial charge is 0.472 e. The zero-order chi connectivity index (χ0) is 17.1. The summed E-state index contributed by atoms with van der Waals surface area (Å²) in [5, 5.41) is 3.24. The van der Waals surface area contributed by atoms with E-state index < -0.39 is 0 Å². The van der Waals surface area contributed by atoms with Gasteiger partial charge >= 0.3 is 0 Å². The zero-order valence-electron chi connectivity index (χ0n) is 14.1. The molecule has 0 aliphatic carbocycles. The average Bonchev–Trinajstić information content (AvgIpc) is 3.31. The number of aromatic nitrogens is 2. The highest BCUT2D eigenvalue weighted by Crippen LogP contribution is 2.37. The molecule has 2 atom stereocenters. The summed E-state index contributed by atoms with van der Waals surface area (Å²) < 4.78 is 11.4. The van der Waals surface area contributed by atoms with E-state index in [0.29, 0.717) is 24.6 Å². The lowest BCUT2D eigenvalue weighted by atomic mass is 9.90. The quantitative estimate of drug-likeness (QED) is 0.918. The second-order valence-corrected chi connectivity index (χ2v) is 6.76. The van der Waals surface area contributed by atoms with E-state index in [-0.39, 0.29) is 17.6 Å². The Labute approximate surface area is 146 Å². The van der Waals surface area contributed by atoms with Crippen LogP contribution in [0.3, 0.4) is 0 Å². The lowest BCUT2D eigenvalue weighted by Crippen LogP contribution is -2.45. The highest BCUT2D eigenvalue weighted by atomic mass is 16.5. The summed E-state index contributed by atoms with van der Waals surface area (Å²) >= 11 is 0. The molecule has 2 fully saturated rings. The van der Waals surface area contributed by atoms with Crippen molar-refractivity contribution in [3.63, 3.8) is 0 Å². The molecule has 4 heterocycles. The van der Waals surface area contributed by atoms with Crippen LogP contribution in [-0.2, 0) is 4.74 Å². The van der Waals surface area contributed by atoms with Crippen LogP contribution in [0.1, 0.15) is 36.0 Å². The predicted molar refractivity (Wildman–Crippen MR) is 91.2 cm³/mol. The Morgan fingerprint density at radius 1 is 1.36 bits per heavy atom. The van der Waals surface area contributed by atoms with Crippen molar-refractivity contribution in [2.75, 3.05) is 25.0 Å². The van der Waals surface area contributed by atoms with Crippen molar-refractivity contribution in [2.45, 2.75) is 37.4 Å². The van der Waals surface area contributed by atoms with E-state index >= 15 is 0 Å². The number of amides is 1. The van der Waals surface area contributed by atoms with Gasteiger partial charge in [0, 0.05) is 25.5 Å². The Kier molecular flexibility index (Phi) is 4.40. The lowest BCUT2D eigenvalue weighted by molar-refractivity contribution is -0.114. The molecular formula is C18H22N4O3. The van der Waals surface area contributed by atoms with E-state index in [2.05, 4.69) is 15.3 Å². The Hall–Kier alpha value is -2.41. The van der Waals surface area contributed by atoms with Crippen molar-refractivity contribution in [1.82, 2.24) is 14.9 Å². The van der Waals surface area contributed by atoms with Crippen LogP contribution >= 0.6 is 0 Å². The normalized spacial score (nSPS) is 26.1. The second kappa shape index (κ2) is 6.84. The average molecular weight is 342 g/mol. The summed E-state index contributed by atoms with van der Waals surface area (Å²) in [5.41, 5.74) is 0.383. The van der Waals surface area contributed by atoms with E-state index in [1.54, 1.807) is 24.5 Å². The van der Waals surface area contributed by atoms with Gasteiger partial charge in [-0.25, -0.2) is 9.97 Å². The smallest absolute Gasteiger partial charge is 0.257 e. The van der Waals surface area contributed by atoms with Gasteiger partial charge < -0.3 is 19.4 Å². The van der Waals surface area contributed by atoms with Crippen LogP contribution < -0.4 is 5.32 Å². The maximum Gasteiger partial charge on any atom is 0.257 e. The molecule has 1 spiro atoms. The summed E-state index contributed by atoms with van der Waals surface area (Å²) in [6.45, 7) is 2.06. The molecule has 132 valence electrons. The van der Waals surface area contributed by atoms with Crippen LogP contribution in [0.15, 0.2) is 41.5 Å². The number of rotatable bonds is 4. The first-order valence-electron chi connectivity index (χ1n) is 8.74. The molecule has 2 aliphatic rings. The van der Waals surface area contributed by atoms with Crippen LogP contribution in [-0.4, -0.2) is 52.1 Å². The summed E-state index contributed by atoms with van der Waals surface area (Å²) in [6.07, 6.45) is 10.6. The minimum atomic E-state index is -0.221. The van der Waals surface area contributed by atoms with E-state index in [9.17, 15) is 4.79 Å². The molecule has 2 aromatic heterocycles. The number of furan rings is 1. The molecule has 2 aromatic rings. The van der Waals surface area contributed by atoms with Crippen LogP contribution in [0, 0.1) is 0 Å². The third-order valence-electron chi connectivity index (χ3n) is 5.00. The fourth-order valence-corrected chi connectivity index (χ4v) is 3.75. The minimum absolute atomic E-state index is 0.0205. The monoisotopic (exact) mass is 342 g/mol. The summed E-state index contributed by atoms with van der Waals surface area (Å²) in [5.74, 6) is 0.640. The number of anilines is 1. The number of hydrogen-bond donors (Lipinski definition) is 1. The van der Waals surface area contributed by atoms with Crippen molar-refractivity contribution < 1.29 is 13.9 Å². The van der Waals surface area contributed by atoms with Gasteiger partial charge in [-0.15, -0.1) is 0 Å². The molecule has 25 heavy (non-hydrogen) atoms. The third kappa shape index (κ3) is 3.51. The Morgan fingerprint density at radius 2 is 2.24 bits per heavy atom. The van der Waals surface area contributed by atoms with Gasteiger partial charge in [0.1, 0.15) is 6.26 Å². The molecule has 0 unspecified atom stereocenters. The highest BCUT2D eigenvalue weighted by Gasteiger charge is 2.44. The van der Waals surface area contributed by atoms with Crippen LogP contribution in [0.4, 0.5) is 5.95 Å². The molecule has 4 rings (SSSR count). The minimum Gasteiger partial charge on any atom is -0.472 e. The van der Waals surface area contributed by atoms with Gasteiger partial charge in [0.2, 0.25) is 5.95 Å². The van der Waals surface area contributed by atoms with Gasteiger partial charge in [-0.2, -0.15) is 0 Å². The molecule has 0 radical (unpaired) electrons. The van der Waals surface area contributed by atoms with E-state index in [0.717, 1.165) is 32.2 Å². The van der Waals surface area contributed by atoms with Crippen molar-refractivity contribution in [3.05, 3.63) is 42.6 Å². The number of carbonyl (C=O) groups excluding carboxylic acids is 1. The first-order valence-corrected chi connectivity index (χ1v) is 8.74. The number of nitrogens with one attached hydrogen (secondary N) is 1. The van der Waals surface area contributed by atoms with Gasteiger partial charge in [-0.1, -0.05) is 0 Å². The molecular weight excluding hydrogens is 320 g/mol. The van der Waals surface area contributed by atoms with E-state index in [1.165, 1.54) is 12.5 Å². The zero-order valence-corrected chi connectivity index (χ0v) is 14.1. The first kappa shape index (κ1) is 16.1. The fraction of sp³-hybridized carbons (Fsp3) is 0.500. The number of likely N-dealkylation sites (tertiary alicyclic amines) is 1. The number of hydrogen-bond acceptors (Lipinski definition) is 6. The summed E-state index contributed by atoms with van der Waals surface area (Å²) in [4.78, 5) is 22.7. The van der Waals surface area contributed by atoms with E-state index in [1.807, 2.05) is 4.90 Å². The Bertz CT molecular complexity index is 706. The molecule has 2 saturated heterocycles. The molecule has 0 bridgehead atoms. The number of ether oxygens (including phenoxy) is 1. The van der Waals surface area contributed by atoms with Gasteiger partial charge in [0.15, 0.2) is 0 Å². The van der Waals surface area contributed by atoms with Crippen LogP contribution in [0.2, 0.25) is 0 Å². The maximum atomic E-state index is 12.5. The van der Waals surface area contributed by atoms with Crippen LogP contribution in [0.5, 0.6) is 0 Å². The molecule has 7 nitrogen and oxygen atoms in total. The standard InChI is InChI=1S/C18H22N4O3/c23-16(14-4-10-24-12-14)22-9-6-18(13-22)5-1-3-15(25-18)11-21-17-19-7-2-8-20-17/h2,4,7-8,10,12,15H,1,3,5-6,9,11,13H2,(H,19,20,21)/t15-,18-/m1/s1. The van der Waals surface area contributed by atoms with Crippen molar-refractivity contribution in [2.24, 2.45) is 0 Å². The molecule has 2 aliphatic heterocycles. The first-order chi connectivity index (χ1) is 12.2. The maximum absolute atomic E-state index is 12.5. The number of nitrogens with zero attached hydrogens (tertiary/aromatic N) is 3. The van der Waals surface area contributed by atoms with Gasteiger partial charge in [0.05, 0.1) is 30.1 Å². The highest BCUT2D eigenvalue weighted by molar-refractivity contribution is 5.94. The number of carbonyl (C=O) groups is 1. The molecule has 0 aromatic carbocycles. The Balaban J connectivity index is 1.35. The summed E-state index contributed by atoms with van der Waals surface area (Å²) in [6, 6.07) is 3.50. The SMILES string of the molecule is O=C(c1ccoc1)N1CC[C@]2(CCC[C@H](CNc3ncccn3)O2)C1. The predicted octanol–water partition coefficient (Wildman–Crippen LogP) is 2.34.